The number of nitrogens with zero attached hydrogens (tertiary/aromatic N) is 6. The highest BCUT2D eigenvalue weighted by molar-refractivity contribution is 6.20. The van der Waals surface area contributed by atoms with Gasteiger partial charge in [0.2, 0.25) is 0 Å². The third kappa shape index (κ3) is 11.4. The monoisotopic (exact) mass is 1390 g/mol. The maximum absolute atomic E-state index is 2.47. The van der Waals surface area contributed by atoms with Gasteiger partial charge in [0.05, 0.1) is 38.8 Å². The fourth-order valence-electron chi connectivity index (χ4n) is 16.8. The van der Waals surface area contributed by atoms with E-state index in [1.165, 1.54) is 98.6 Å². The van der Waals surface area contributed by atoms with Crippen LogP contribution in [0, 0.1) is 0 Å². The molecule has 0 fully saturated rings. The van der Waals surface area contributed by atoms with Crippen LogP contribution in [0.4, 0.5) is 34.1 Å². The zero-order valence-electron chi connectivity index (χ0n) is 60.5. The molecule has 0 saturated carbocycles. The van der Waals surface area contributed by atoms with Crippen molar-refractivity contribution in [1.82, 2.24) is 13.7 Å². The van der Waals surface area contributed by atoms with E-state index in [1.807, 2.05) is 0 Å². The van der Waals surface area contributed by atoms with Gasteiger partial charge in [0.15, 0.2) is 0 Å². The molecule has 0 amide bonds. The Bertz CT molecular complexity index is 6770. The van der Waals surface area contributed by atoms with Gasteiger partial charge in [-0.05, 0) is 200 Å². The number of benzene rings is 17. The van der Waals surface area contributed by atoms with Gasteiger partial charge in [-0.3, -0.25) is 0 Å². The van der Waals surface area contributed by atoms with Gasteiger partial charge in [-0.1, -0.05) is 267 Å². The zero-order valence-corrected chi connectivity index (χ0v) is 60.5. The van der Waals surface area contributed by atoms with Crippen LogP contribution in [-0.2, 0) is 6.54 Å². The van der Waals surface area contributed by atoms with Crippen molar-refractivity contribution in [2.75, 3.05) is 28.8 Å². The molecule has 0 unspecified atom stereocenters. The van der Waals surface area contributed by atoms with Crippen molar-refractivity contribution in [3.8, 4) is 72.7 Å². The summed E-state index contributed by atoms with van der Waals surface area (Å²) in [6.07, 6.45) is 0. The molecule has 0 aliphatic rings. The lowest BCUT2D eigenvalue weighted by Gasteiger charge is -2.26. The van der Waals surface area contributed by atoms with Crippen LogP contribution in [0.25, 0.3) is 149 Å². The molecule has 0 N–H and O–H groups in total. The summed E-state index contributed by atoms with van der Waals surface area (Å²) in [6.45, 7) is 0.684. The topological polar surface area (TPSA) is 24.5 Å². The van der Waals surface area contributed by atoms with Crippen LogP contribution in [0.2, 0.25) is 0 Å². The lowest BCUT2D eigenvalue weighted by atomic mass is 9.95. The van der Waals surface area contributed by atoms with Crippen LogP contribution >= 0.6 is 0 Å². The first-order valence-corrected chi connectivity index (χ1v) is 37.5. The minimum Gasteiger partial charge on any atom is -0.345 e. The third-order valence-corrected chi connectivity index (χ3v) is 22.4. The second-order valence-electron chi connectivity index (χ2n) is 28.5. The van der Waals surface area contributed by atoms with Crippen LogP contribution in [0.3, 0.4) is 0 Å². The fourth-order valence-corrected chi connectivity index (χ4v) is 16.8. The average Bonchev–Trinajstić information content (AvgIpc) is 1.58. The minimum absolute atomic E-state index is 0.684. The van der Waals surface area contributed by atoms with Crippen LogP contribution in [0.1, 0.15) is 5.56 Å². The Labute approximate surface area is 634 Å². The summed E-state index contributed by atoms with van der Waals surface area (Å²) >= 11 is 0. The van der Waals surface area contributed by atoms with Crippen molar-refractivity contribution in [2.24, 2.45) is 0 Å². The molecule has 0 aliphatic carbocycles. The highest BCUT2D eigenvalue weighted by Gasteiger charge is 2.25. The quantitative estimate of drug-likeness (QED) is 0.0964. The molecule has 20 rings (SSSR count). The Morgan fingerprint density at radius 3 is 1.20 bits per heavy atom. The first-order chi connectivity index (χ1) is 53.9. The van der Waals surface area contributed by atoms with Crippen LogP contribution in [0.15, 0.2) is 400 Å². The summed E-state index contributed by atoms with van der Waals surface area (Å²) < 4.78 is 7.33. The Morgan fingerprint density at radius 2 is 0.606 bits per heavy atom. The van der Waals surface area contributed by atoms with Gasteiger partial charge in [-0.25, -0.2) is 0 Å². The van der Waals surface area contributed by atoms with E-state index in [1.54, 1.807) is 0 Å². The maximum atomic E-state index is 2.47. The van der Waals surface area contributed by atoms with Crippen LogP contribution in [-0.4, -0.2) is 27.8 Å². The first-order valence-electron chi connectivity index (χ1n) is 37.5. The van der Waals surface area contributed by atoms with E-state index in [2.05, 4.69) is 443 Å². The van der Waals surface area contributed by atoms with Gasteiger partial charge in [0.1, 0.15) is 0 Å². The van der Waals surface area contributed by atoms with Crippen LogP contribution < -0.4 is 14.7 Å². The van der Waals surface area contributed by atoms with Crippen molar-refractivity contribution in [3.63, 3.8) is 0 Å². The number of fused-ring (bicyclic) bond motifs is 10. The van der Waals surface area contributed by atoms with Crippen molar-refractivity contribution >= 4 is 110 Å². The standard InChI is InChI=1S/C103H74N6/c1-104(79-54-50-78(51-55-79)88-34-20-27-77-26-12-13-30-87(77)88)80-60-62-85(63-61-80)107-98-38-19-16-33-93(98)103-92(35-21-39-99(103)107)95-67-94-90-32-15-18-37-97(90)109(102(94)68-100(95)105(2)81-52-44-74(45-53-81)71-22-6-3-7-23-71)84-58-48-76(49-59-84)73-42-40-70(41-43-73)69-106(82-28-10-5-11-29-82)86-64-65-91-89-31-14-17-36-96(89)108(101(91)66-86)83-56-46-75(47-57-83)72-24-8-4-9-25-72/h3-68H,69H2,1-2H3. The van der Waals surface area contributed by atoms with E-state index < -0.39 is 0 Å². The molecular formula is C103H74N6. The van der Waals surface area contributed by atoms with Crippen molar-refractivity contribution in [1.29, 1.82) is 0 Å². The molecule has 0 atom stereocenters. The van der Waals surface area contributed by atoms with E-state index in [4.69, 9.17) is 0 Å². The summed E-state index contributed by atoms with van der Waals surface area (Å²) in [7, 11) is 4.38. The minimum atomic E-state index is 0.684. The average molecular weight is 1400 g/mol. The van der Waals surface area contributed by atoms with E-state index in [0.29, 0.717) is 6.54 Å². The predicted molar refractivity (Wildman–Crippen MR) is 462 cm³/mol. The summed E-state index contributed by atoms with van der Waals surface area (Å²) in [5.41, 5.74) is 30.0. The number of hydrogen-bond acceptors (Lipinski definition) is 3. The molecule has 0 spiro atoms. The molecule has 516 valence electrons. The molecule has 20 aromatic rings. The molecule has 0 radical (unpaired) electrons. The molecule has 6 heteroatoms. The third-order valence-electron chi connectivity index (χ3n) is 22.4. The summed E-state index contributed by atoms with van der Waals surface area (Å²) in [4.78, 5) is 7.09. The SMILES string of the molecule is CN(c1ccc(-c2cccc3ccccc23)cc1)c1ccc(-n2c3ccccc3c3c(-c4cc5c6ccccc6n(-c6ccc(-c7ccc(CN(c8ccccc8)c8ccc9c%10ccccc%10n(-c%10ccc(-c%11ccccc%11)cc%10)c9c8)cc7)cc6)c5cc4N(C)c4ccc(-c5ccccc5)cc4)cccc32)cc1. The number of hydrogen-bond donors (Lipinski definition) is 0. The predicted octanol–water partition coefficient (Wildman–Crippen LogP) is 27.3. The molecule has 6 nitrogen and oxygen atoms in total. The summed E-state index contributed by atoms with van der Waals surface area (Å²) in [6, 6.07) is 147. The highest BCUT2D eigenvalue weighted by atomic mass is 15.1. The Hall–Kier alpha value is -14.2. The maximum Gasteiger partial charge on any atom is 0.0562 e. The number of anilines is 6. The van der Waals surface area contributed by atoms with Crippen molar-refractivity contribution in [3.05, 3.63) is 406 Å². The smallest absolute Gasteiger partial charge is 0.0562 e. The molecule has 0 aliphatic heterocycles. The molecule has 0 saturated heterocycles. The van der Waals surface area contributed by atoms with Gasteiger partial charge in [-0.15, -0.1) is 0 Å². The molecular weight excluding hydrogens is 1320 g/mol. The molecule has 17 aromatic carbocycles. The first kappa shape index (κ1) is 64.4. The molecule has 3 heterocycles. The van der Waals surface area contributed by atoms with Gasteiger partial charge >= 0.3 is 0 Å². The van der Waals surface area contributed by atoms with Crippen LogP contribution in [0.5, 0.6) is 0 Å². The van der Waals surface area contributed by atoms with E-state index in [0.717, 1.165) is 89.9 Å². The second kappa shape index (κ2) is 27.1. The van der Waals surface area contributed by atoms with E-state index in [-0.39, 0.29) is 0 Å². The number of rotatable bonds is 16. The Morgan fingerprint density at radius 1 is 0.220 bits per heavy atom. The fraction of sp³-hybridized carbons (Fsp3) is 0.0291. The zero-order chi connectivity index (χ0) is 72.5. The normalized spacial score (nSPS) is 11.6. The Kier molecular flexibility index (Phi) is 16.0. The van der Waals surface area contributed by atoms with Gasteiger partial charge in [0.25, 0.3) is 0 Å². The molecule has 0 bridgehead atoms. The van der Waals surface area contributed by atoms with E-state index in [9.17, 15) is 0 Å². The number of para-hydroxylation sites is 4. The van der Waals surface area contributed by atoms with Gasteiger partial charge in [0, 0.05) is 104 Å². The highest BCUT2D eigenvalue weighted by Crippen LogP contribution is 2.48. The van der Waals surface area contributed by atoms with Gasteiger partial charge < -0.3 is 28.4 Å². The second-order valence-corrected chi connectivity index (χ2v) is 28.5. The summed E-state index contributed by atoms with van der Waals surface area (Å²) in [5.74, 6) is 0. The van der Waals surface area contributed by atoms with E-state index >= 15 is 0 Å². The molecule has 3 aromatic heterocycles. The lowest BCUT2D eigenvalue weighted by Crippen LogP contribution is -2.16. The number of aromatic nitrogens is 3. The van der Waals surface area contributed by atoms with Gasteiger partial charge in [-0.2, -0.15) is 0 Å². The molecule has 109 heavy (non-hydrogen) atoms. The van der Waals surface area contributed by atoms with Crippen molar-refractivity contribution < 1.29 is 0 Å². The Balaban J connectivity index is 0.643. The lowest BCUT2D eigenvalue weighted by molar-refractivity contribution is 0.976. The van der Waals surface area contributed by atoms with Crippen molar-refractivity contribution in [2.45, 2.75) is 6.54 Å². The summed E-state index contributed by atoms with van der Waals surface area (Å²) in [5, 5.41) is 9.76. The largest absolute Gasteiger partial charge is 0.345 e.